The van der Waals surface area contributed by atoms with Crippen LogP contribution in [0.15, 0.2) is 42.6 Å². The third-order valence-electron chi connectivity index (χ3n) is 6.33. The van der Waals surface area contributed by atoms with Crippen molar-refractivity contribution in [3.63, 3.8) is 0 Å². The van der Waals surface area contributed by atoms with Crippen molar-refractivity contribution in [1.29, 1.82) is 0 Å². The van der Waals surface area contributed by atoms with Crippen molar-refractivity contribution in [2.45, 2.75) is 69.9 Å². The summed E-state index contributed by atoms with van der Waals surface area (Å²) in [5.74, 6) is 0.936. The Hall–Kier alpha value is -2.14. The summed E-state index contributed by atoms with van der Waals surface area (Å²) in [5, 5.41) is 7.61. The Balaban J connectivity index is 1.37. The monoisotopic (exact) mass is 380 g/mol. The topological polar surface area (TPSA) is 50.2 Å². The van der Waals surface area contributed by atoms with Crippen molar-refractivity contribution in [3.05, 3.63) is 48.2 Å². The highest BCUT2D eigenvalue weighted by atomic mass is 16.2. The predicted molar refractivity (Wildman–Crippen MR) is 112 cm³/mol. The minimum absolute atomic E-state index is 0.0831. The molecule has 2 aliphatic carbocycles. The molecule has 2 saturated carbocycles. The standard InChI is InChI=1S/C23H32N4O/c28-23(25-22-14-16-24-27(22)21-12-6-7-13-21)18-26(20-10-4-5-11-20)17-15-19-8-2-1-3-9-19/h1-3,8-9,14,16,20-21H,4-7,10-13,15,17-18H2,(H,25,28). The van der Waals surface area contributed by atoms with E-state index in [0.29, 0.717) is 18.6 Å². The van der Waals surface area contributed by atoms with Crippen LogP contribution in [-0.2, 0) is 11.2 Å². The first kappa shape index (κ1) is 19.2. The third kappa shape index (κ3) is 4.82. The lowest BCUT2D eigenvalue weighted by Crippen LogP contribution is -2.41. The average Bonchev–Trinajstić information content (AvgIpc) is 3.48. The highest BCUT2D eigenvalue weighted by Gasteiger charge is 2.25. The number of nitrogens with zero attached hydrogens (tertiary/aromatic N) is 3. The number of nitrogens with one attached hydrogen (secondary N) is 1. The summed E-state index contributed by atoms with van der Waals surface area (Å²) >= 11 is 0. The lowest BCUT2D eigenvalue weighted by molar-refractivity contribution is -0.117. The van der Waals surface area contributed by atoms with Gasteiger partial charge in [0.15, 0.2) is 0 Å². The van der Waals surface area contributed by atoms with Crippen molar-refractivity contribution >= 4 is 11.7 Å². The van der Waals surface area contributed by atoms with Crippen molar-refractivity contribution in [3.8, 4) is 0 Å². The fourth-order valence-electron chi connectivity index (χ4n) is 4.80. The molecule has 1 N–H and O–H groups in total. The number of amides is 1. The second kappa shape index (κ2) is 9.37. The summed E-state index contributed by atoms with van der Waals surface area (Å²) in [6.07, 6.45) is 12.6. The summed E-state index contributed by atoms with van der Waals surface area (Å²) in [6, 6.07) is 13.5. The molecule has 1 heterocycles. The van der Waals surface area contributed by atoms with E-state index in [4.69, 9.17) is 0 Å². The van der Waals surface area contributed by atoms with E-state index in [9.17, 15) is 4.79 Å². The zero-order chi connectivity index (χ0) is 19.2. The number of aromatic nitrogens is 2. The van der Waals surface area contributed by atoms with Gasteiger partial charge in [0.1, 0.15) is 5.82 Å². The van der Waals surface area contributed by atoms with Gasteiger partial charge in [-0.2, -0.15) is 5.10 Å². The van der Waals surface area contributed by atoms with Crippen molar-refractivity contribution in [1.82, 2.24) is 14.7 Å². The summed E-state index contributed by atoms with van der Waals surface area (Å²) in [4.78, 5) is 15.3. The van der Waals surface area contributed by atoms with Crippen molar-refractivity contribution in [2.75, 3.05) is 18.4 Å². The van der Waals surface area contributed by atoms with Crippen LogP contribution in [0.3, 0.4) is 0 Å². The second-order valence-electron chi connectivity index (χ2n) is 8.29. The predicted octanol–water partition coefficient (Wildman–Crippen LogP) is 4.42. The van der Waals surface area contributed by atoms with Crippen LogP contribution in [-0.4, -0.2) is 39.7 Å². The Morgan fingerprint density at radius 1 is 1.04 bits per heavy atom. The van der Waals surface area contributed by atoms with Gasteiger partial charge in [-0.25, -0.2) is 4.68 Å². The molecule has 0 radical (unpaired) electrons. The van der Waals surface area contributed by atoms with Gasteiger partial charge < -0.3 is 5.32 Å². The molecule has 0 bridgehead atoms. The lowest BCUT2D eigenvalue weighted by Gasteiger charge is -2.28. The van der Waals surface area contributed by atoms with Gasteiger partial charge in [0.05, 0.1) is 18.8 Å². The highest BCUT2D eigenvalue weighted by molar-refractivity contribution is 5.91. The first-order valence-electron chi connectivity index (χ1n) is 10.9. The van der Waals surface area contributed by atoms with Crippen LogP contribution in [0.2, 0.25) is 0 Å². The quantitative estimate of drug-likeness (QED) is 0.737. The number of carbonyl (C=O) groups is 1. The molecule has 1 amide bonds. The molecule has 0 aliphatic heterocycles. The maximum Gasteiger partial charge on any atom is 0.239 e. The number of carbonyl (C=O) groups excluding carboxylic acids is 1. The van der Waals surface area contributed by atoms with Crippen LogP contribution in [0.4, 0.5) is 5.82 Å². The number of benzene rings is 1. The van der Waals surface area contributed by atoms with E-state index in [2.05, 4.69) is 45.6 Å². The van der Waals surface area contributed by atoms with Gasteiger partial charge in [-0.15, -0.1) is 0 Å². The van der Waals surface area contributed by atoms with Crippen LogP contribution in [0.5, 0.6) is 0 Å². The van der Waals surface area contributed by atoms with Gasteiger partial charge >= 0.3 is 0 Å². The largest absolute Gasteiger partial charge is 0.310 e. The molecule has 150 valence electrons. The molecule has 28 heavy (non-hydrogen) atoms. The Morgan fingerprint density at radius 3 is 2.50 bits per heavy atom. The number of rotatable bonds is 8. The van der Waals surface area contributed by atoms with Crippen LogP contribution in [0.25, 0.3) is 0 Å². The summed E-state index contributed by atoms with van der Waals surface area (Å²) in [6.45, 7) is 1.40. The molecule has 1 aromatic carbocycles. The maximum absolute atomic E-state index is 12.9. The fraction of sp³-hybridized carbons (Fsp3) is 0.565. The number of hydrogen-bond acceptors (Lipinski definition) is 3. The lowest BCUT2D eigenvalue weighted by atomic mass is 10.1. The zero-order valence-corrected chi connectivity index (χ0v) is 16.7. The molecule has 0 atom stereocenters. The third-order valence-corrected chi connectivity index (χ3v) is 6.33. The Bertz CT molecular complexity index is 745. The van der Waals surface area contributed by atoms with Gasteiger partial charge in [0.25, 0.3) is 0 Å². The molecule has 2 aromatic rings. The van der Waals surface area contributed by atoms with Crippen LogP contribution < -0.4 is 5.32 Å². The normalized spacial score (nSPS) is 18.2. The molecule has 5 nitrogen and oxygen atoms in total. The molecule has 1 aromatic heterocycles. The SMILES string of the molecule is O=C(CN(CCc1ccccc1)C1CCCC1)Nc1ccnn1C1CCCC1. The summed E-state index contributed by atoms with van der Waals surface area (Å²) < 4.78 is 2.02. The first-order valence-corrected chi connectivity index (χ1v) is 10.9. The Morgan fingerprint density at radius 2 is 1.75 bits per heavy atom. The van der Waals surface area contributed by atoms with E-state index in [1.54, 1.807) is 6.20 Å². The van der Waals surface area contributed by atoms with E-state index in [-0.39, 0.29) is 5.91 Å². The average molecular weight is 381 g/mol. The molecule has 5 heteroatoms. The Kier molecular flexibility index (Phi) is 6.42. The second-order valence-corrected chi connectivity index (χ2v) is 8.29. The van der Waals surface area contributed by atoms with E-state index >= 15 is 0 Å². The zero-order valence-electron chi connectivity index (χ0n) is 16.7. The molecule has 0 saturated heterocycles. The first-order chi connectivity index (χ1) is 13.8. The summed E-state index contributed by atoms with van der Waals surface area (Å²) in [5.41, 5.74) is 1.34. The molecular weight excluding hydrogens is 348 g/mol. The van der Waals surface area contributed by atoms with Crippen LogP contribution in [0.1, 0.15) is 63.0 Å². The van der Waals surface area contributed by atoms with E-state index in [1.165, 1.54) is 44.1 Å². The molecule has 2 fully saturated rings. The molecule has 4 rings (SSSR count). The van der Waals surface area contributed by atoms with Gasteiger partial charge in [-0.05, 0) is 37.7 Å². The molecule has 2 aliphatic rings. The fourth-order valence-corrected chi connectivity index (χ4v) is 4.80. The van der Waals surface area contributed by atoms with Gasteiger partial charge in [-0.3, -0.25) is 9.69 Å². The van der Waals surface area contributed by atoms with Crippen LogP contribution >= 0.6 is 0 Å². The van der Waals surface area contributed by atoms with Crippen LogP contribution in [0, 0.1) is 0 Å². The molecule has 0 spiro atoms. The van der Waals surface area contributed by atoms with E-state index < -0.39 is 0 Å². The van der Waals surface area contributed by atoms with E-state index in [1.807, 2.05) is 10.7 Å². The summed E-state index contributed by atoms with van der Waals surface area (Å²) in [7, 11) is 0. The minimum Gasteiger partial charge on any atom is -0.310 e. The van der Waals surface area contributed by atoms with Crippen molar-refractivity contribution < 1.29 is 4.79 Å². The van der Waals surface area contributed by atoms with E-state index in [0.717, 1.165) is 31.6 Å². The Labute approximate surface area is 168 Å². The minimum atomic E-state index is 0.0831. The number of anilines is 1. The molecule has 0 unspecified atom stereocenters. The highest BCUT2D eigenvalue weighted by Crippen LogP contribution is 2.31. The maximum atomic E-state index is 12.9. The van der Waals surface area contributed by atoms with Gasteiger partial charge in [0, 0.05) is 18.7 Å². The molecular formula is C23H32N4O. The smallest absolute Gasteiger partial charge is 0.239 e. The van der Waals surface area contributed by atoms with Gasteiger partial charge in [0.2, 0.25) is 5.91 Å². The number of hydrogen-bond donors (Lipinski definition) is 1. The van der Waals surface area contributed by atoms with Gasteiger partial charge in [-0.1, -0.05) is 56.0 Å². The van der Waals surface area contributed by atoms with Crippen molar-refractivity contribution in [2.24, 2.45) is 0 Å².